The van der Waals surface area contributed by atoms with Gasteiger partial charge in [0, 0.05) is 6.54 Å². The van der Waals surface area contributed by atoms with Gasteiger partial charge in [-0.2, -0.15) is 5.48 Å². The molecule has 0 aliphatic rings. The molecule has 54 valence electrons. The molecule has 0 aromatic heterocycles. The van der Waals surface area contributed by atoms with Crippen molar-refractivity contribution < 1.29 is 14.7 Å². The summed E-state index contributed by atoms with van der Waals surface area (Å²) in [4.78, 5) is 14.3. The van der Waals surface area contributed by atoms with Crippen molar-refractivity contribution in [1.82, 2.24) is 5.48 Å². The molecule has 0 heterocycles. The average molecular weight is 134 g/mol. The van der Waals surface area contributed by atoms with Crippen LogP contribution in [0.1, 0.15) is 0 Å². The van der Waals surface area contributed by atoms with Gasteiger partial charge in [0.05, 0.1) is 6.61 Å². The van der Waals surface area contributed by atoms with Crippen molar-refractivity contribution in [3.63, 3.8) is 0 Å². The Bertz CT molecular complexity index is 85.9. The van der Waals surface area contributed by atoms with Crippen molar-refractivity contribution in [2.45, 2.75) is 0 Å². The van der Waals surface area contributed by atoms with Gasteiger partial charge in [0.15, 0.2) is 0 Å². The van der Waals surface area contributed by atoms with Gasteiger partial charge in [-0.05, 0) is 0 Å². The lowest BCUT2D eigenvalue weighted by Gasteiger charge is -1.98. The molecule has 0 amide bonds. The van der Waals surface area contributed by atoms with Crippen LogP contribution in [0.5, 0.6) is 0 Å². The fourth-order valence-electron chi connectivity index (χ4n) is 0.244. The van der Waals surface area contributed by atoms with Crippen molar-refractivity contribution in [3.8, 4) is 0 Å². The molecule has 0 bridgehead atoms. The summed E-state index contributed by atoms with van der Waals surface area (Å²) in [6.07, 6.45) is 0. The highest BCUT2D eigenvalue weighted by molar-refractivity contribution is 5.68. The lowest BCUT2D eigenvalue weighted by molar-refractivity contribution is -0.138. The Hall–Kier alpha value is -0.650. The van der Waals surface area contributed by atoms with Crippen LogP contribution in [0.25, 0.3) is 0 Å². The van der Waals surface area contributed by atoms with Crippen molar-refractivity contribution in [1.29, 1.82) is 0 Å². The van der Waals surface area contributed by atoms with Crippen LogP contribution in [-0.2, 0) is 9.63 Å². The molecule has 9 heavy (non-hydrogen) atoms. The third-order valence-corrected chi connectivity index (χ3v) is 0.545. The number of carboxylic acids is 1. The highest BCUT2D eigenvalue weighted by Gasteiger charge is 1.92. The SMILES string of the molecule is NCCONCC(=O)O. The van der Waals surface area contributed by atoms with E-state index in [9.17, 15) is 4.79 Å². The number of hydrogen-bond donors (Lipinski definition) is 3. The van der Waals surface area contributed by atoms with Gasteiger partial charge >= 0.3 is 5.97 Å². The number of aliphatic carboxylic acids is 1. The van der Waals surface area contributed by atoms with E-state index in [0.717, 1.165) is 0 Å². The molecule has 0 aliphatic heterocycles. The van der Waals surface area contributed by atoms with Crippen LogP contribution in [0.4, 0.5) is 0 Å². The molecule has 0 saturated carbocycles. The van der Waals surface area contributed by atoms with Gasteiger partial charge in [0.2, 0.25) is 0 Å². The van der Waals surface area contributed by atoms with E-state index in [1.165, 1.54) is 0 Å². The number of carbonyl (C=O) groups is 1. The van der Waals surface area contributed by atoms with Gasteiger partial charge in [-0.25, -0.2) is 0 Å². The fraction of sp³-hybridized carbons (Fsp3) is 0.750. The number of hydrogen-bond acceptors (Lipinski definition) is 4. The molecule has 0 saturated heterocycles. The minimum atomic E-state index is -0.952. The molecule has 0 rings (SSSR count). The van der Waals surface area contributed by atoms with Gasteiger partial charge in [0.1, 0.15) is 6.54 Å². The summed E-state index contributed by atoms with van der Waals surface area (Å²) in [5.74, 6) is -0.952. The second-order valence-electron chi connectivity index (χ2n) is 1.35. The second kappa shape index (κ2) is 5.49. The average Bonchev–Trinajstić information content (AvgIpc) is 1.80. The van der Waals surface area contributed by atoms with Crippen molar-refractivity contribution in [3.05, 3.63) is 0 Å². The summed E-state index contributed by atoms with van der Waals surface area (Å²) >= 11 is 0. The largest absolute Gasteiger partial charge is 0.480 e. The minimum Gasteiger partial charge on any atom is -0.480 e. The summed E-state index contributed by atoms with van der Waals surface area (Å²) in [6.45, 7) is 0.514. The normalized spacial score (nSPS) is 9.44. The molecule has 4 N–H and O–H groups in total. The third-order valence-electron chi connectivity index (χ3n) is 0.545. The summed E-state index contributed by atoms with van der Waals surface area (Å²) < 4.78 is 0. The zero-order chi connectivity index (χ0) is 7.11. The smallest absolute Gasteiger partial charge is 0.319 e. The van der Waals surface area contributed by atoms with Crippen molar-refractivity contribution >= 4 is 5.97 Å². The van der Waals surface area contributed by atoms with Crippen LogP contribution in [0.15, 0.2) is 0 Å². The molecular weight excluding hydrogens is 124 g/mol. The van der Waals surface area contributed by atoms with Crippen LogP contribution in [0, 0.1) is 0 Å². The predicted molar refractivity (Wildman–Crippen MR) is 30.6 cm³/mol. The van der Waals surface area contributed by atoms with Gasteiger partial charge in [-0.1, -0.05) is 0 Å². The molecule has 0 atom stereocenters. The molecule has 0 aliphatic carbocycles. The maximum atomic E-state index is 9.79. The van der Waals surface area contributed by atoms with Crippen LogP contribution in [-0.4, -0.2) is 30.8 Å². The Labute approximate surface area is 52.7 Å². The molecular formula is C4H10N2O3. The molecule has 0 spiro atoms. The van der Waals surface area contributed by atoms with E-state index in [4.69, 9.17) is 10.8 Å². The molecule has 0 unspecified atom stereocenters. The Morgan fingerprint density at radius 3 is 2.89 bits per heavy atom. The van der Waals surface area contributed by atoms with Crippen LogP contribution < -0.4 is 11.2 Å². The fourth-order valence-corrected chi connectivity index (χ4v) is 0.244. The van der Waals surface area contributed by atoms with Crippen LogP contribution >= 0.6 is 0 Å². The number of rotatable bonds is 5. The number of nitrogens with one attached hydrogen (secondary N) is 1. The first-order valence-electron chi connectivity index (χ1n) is 2.54. The van der Waals surface area contributed by atoms with E-state index in [0.29, 0.717) is 13.2 Å². The summed E-state index contributed by atoms with van der Waals surface area (Å²) in [6, 6.07) is 0. The van der Waals surface area contributed by atoms with E-state index in [1.807, 2.05) is 0 Å². The third kappa shape index (κ3) is 7.35. The topological polar surface area (TPSA) is 84.6 Å². The van der Waals surface area contributed by atoms with Crippen molar-refractivity contribution in [2.75, 3.05) is 19.7 Å². The lowest BCUT2D eigenvalue weighted by Crippen LogP contribution is -2.25. The highest BCUT2D eigenvalue weighted by Crippen LogP contribution is 1.63. The maximum absolute atomic E-state index is 9.79. The second-order valence-corrected chi connectivity index (χ2v) is 1.35. The van der Waals surface area contributed by atoms with Gasteiger partial charge in [-0.15, -0.1) is 0 Å². The first kappa shape index (κ1) is 8.35. The Morgan fingerprint density at radius 1 is 1.78 bits per heavy atom. The van der Waals surface area contributed by atoms with E-state index < -0.39 is 5.97 Å². The number of hydroxylamine groups is 1. The maximum Gasteiger partial charge on any atom is 0.319 e. The van der Waals surface area contributed by atoms with Crippen molar-refractivity contribution in [2.24, 2.45) is 5.73 Å². The number of nitrogens with two attached hydrogens (primary N) is 1. The van der Waals surface area contributed by atoms with Crippen LogP contribution in [0.2, 0.25) is 0 Å². The van der Waals surface area contributed by atoms with Gasteiger partial charge < -0.3 is 10.8 Å². The lowest BCUT2D eigenvalue weighted by atomic mass is 10.7. The van der Waals surface area contributed by atoms with Gasteiger partial charge in [0.25, 0.3) is 0 Å². The minimum absolute atomic E-state index is 0.194. The molecule has 5 nitrogen and oxygen atoms in total. The Kier molecular flexibility index (Phi) is 5.09. The quantitative estimate of drug-likeness (QED) is 0.316. The zero-order valence-electron chi connectivity index (χ0n) is 4.96. The zero-order valence-corrected chi connectivity index (χ0v) is 4.96. The summed E-state index contributed by atoms with van der Waals surface area (Å²) in [7, 11) is 0. The number of carboxylic acid groups (broad SMARTS) is 1. The van der Waals surface area contributed by atoms with E-state index in [2.05, 4.69) is 10.3 Å². The summed E-state index contributed by atoms with van der Waals surface area (Å²) in [5, 5.41) is 8.04. The molecule has 0 aromatic carbocycles. The monoisotopic (exact) mass is 134 g/mol. The molecule has 0 fully saturated rings. The highest BCUT2D eigenvalue weighted by atomic mass is 16.6. The van der Waals surface area contributed by atoms with Crippen LogP contribution in [0.3, 0.4) is 0 Å². The first-order valence-corrected chi connectivity index (χ1v) is 2.54. The van der Waals surface area contributed by atoms with E-state index in [1.54, 1.807) is 0 Å². The summed E-state index contributed by atoms with van der Waals surface area (Å²) in [5.41, 5.74) is 7.24. The molecule has 0 radical (unpaired) electrons. The Morgan fingerprint density at radius 2 is 2.44 bits per heavy atom. The Balaban J connectivity index is 2.83. The molecule has 5 heteroatoms. The standard InChI is InChI=1S/C4H10N2O3/c5-1-2-9-6-3-4(7)8/h6H,1-3,5H2,(H,7,8). The molecule has 0 aromatic rings. The van der Waals surface area contributed by atoms with E-state index in [-0.39, 0.29) is 6.54 Å². The first-order chi connectivity index (χ1) is 4.27. The van der Waals surface area contributed by atoms with Gasteiger partial charge in [-0.3, -0.25) is 9.63 Å². The predicted octanol–water partition coefficient (Wildman–Crippen LogP) is -1.45. The van der Waals surface area contributed by atoms with E-state index >= 15 is 0 Å².